The number of benzene rings is 1. The summed E-state index contributed by atoms with van der Waals surface area (Å²) in [6, 6.07) is 7.72. The first-order chi connectivity index (χ1) is 14.1. The summed E-state index contributed by atoms with van der Waals surface area (Å²) in [4.78, 5) is 29.0. The van der Waals surface area contributed by atoms with Gasteiger partial charge in [-0.1, -0.05) is 73.0 Å². The Morgan fingerprint density at radius 3 is 2.59 bits per heavy atom. The second-order valence-corrected chi connectivity index (χ2v) is 10.5. The SMILES string of the molecule is CCSc1nnc(NC(=O)Cc2csc(SCC(=O)c3ccc(CC)cc3)n2)s1. The molecule has 1 N–H and O–H groups in total. The minimum absolute atomic E-state index is 0.0733. The lowest BCUT2D eigenvalue weighted by Crippen LogP contribution is -2.14. The van der Waals surface area contributed by atoms with Crippen molar-refractivity contribution in [1.29, 1.82) is 0 Å². The number of amides is 1. The van der Waals surface area contributed by atoms with Gasteiger partial charge in [-0.3, -0.25) is 9.59 Å². The average Bonchev–Trinajstić information content (AvgIpc) is 3.35. The summed E-state index contributed by atoms with van der Waals surface area (Å²) < 4.78 is 1.62. The number of carbonyl (C=O) groups excluding carboxylic acids is 2. The molecule has 0 unspecified atom stereocenters. The van der Waals surface area contributed by atoms with Gasteiger partial charge in [0.05, 0.1) is 17.9 Å². The number of anilines is 1. The van der Waals surface area contributed by atoms with Crippen molar-refractivity contribution in [3.8, 4) is 0 Å². The predicted octanol–water partition coefficient (Wildman–Crippen LogP) is 4.83. The molecular weight excluding hydrogens is 445 g/mol. The van der Waals surface area contributed by atoms with Gasteiger partial charge < -0.3 is 5.32 Å². The number of nitrogens with one attached hydrogen (secondary N) is 1. The maximum absolute atomic E-state index is 12.3. The first kappa shape index (κ1) is 21.9. The number of nitrogens with zero attached hydrogens (tertiary/aromatic N) is 3. The van der Waals surface area contributed by atoms with E-state index in [1.165, 1.54) is 40.0 Å². The van der Waals surface area contributed by atoms with Crippen LogP contribution in [0.25, 0.3) is 0 Å². The van der Waals surface area contributed by atoms with Gasteiger partial charge in [0.25, 0.3) is 0 Å². The fraction of sp³-hybridized carbons (Fsp3) is 0.316. The van der Waals surface area contributed by atoms with E-state index in [1.54, 1.807) is 11.8 Å². The molecule has 0 radical (unpaired) electrons. The van der Waals surface area contributed by atoms with E-state index in [0.717, 1.165) is 20.9 Å². The number of ketones is 1. The number of hydrogen-bond donors (Lipinski definition) is 1. The zero-order valence-electron chi connectivity index (χ0n) is 16.0. The summed E-state index contributed by atoms with van der Waals surface area (Å²) in [5.41, 5.74) is 2.61. The van der Waals surface area contributed by atoms with E-state index in [1.807, 2.05) is 36.6 Å². The van der Waals surface area contributed by atoms with Crippen LogP contribution in [0.5, 0.6) is 0 Å². The highest BCUT2D eigenvalue weighted by atomic mass is 32.2. The van der Waals surface area contributed by atoms with Crippen molar-refractivity contribution in [1.82, 2.24) is 15.2 Å². The number of rotatable bonds is 10. The molecule has 0 saturated carbocycles. The predicted molar refractivity (Wildman–Crippen MR) is 122 cm³/mol. The van der Waals surface area contributed by atoms with E-state index in [0.29, 0.717) is 22.1 Å². The standard InChI is InChI=1S/C19H20N4O2S4/c1-3-12-5-7-13(8-6-12)15(24)11-28-18-20-14(10-27-18)9-16(25)21-17-22-23-19(29-17)26-4-2/h5-8,10H,3-4,9,11H2,1-2H3,(H,21,22,25). The van der Waals surface area contributed by atoms with Crippen LogP contribution in [0.1, 0.15) is 35.5 Å². The van der Waals surface area contributed by atoms with Crippen LogP contribution < -0.4 is 5.32 Å². The number of Topliss-reactive ketones (excluding diaryl/α,β-unsaturated/α-hetero) is 1. The molecule has 0 saturated heterocycles. The van der Waals surface area contributed by atoms with Crippen LogP contribution in [0.3, 0.4) is 0 Å². The van der Waals surface area contributed by atoms with Gasteiger partial charge in [-0.15, -0.1) is 21.5 Å². The van der Waals surface area contributed by atoms with Crippen LogP contribution in [0.15, 0.2) is 38.3 Å². The molecule has 0 aliphatic carbocycles. The van der Waals surface area contributed by atoms with Gasteiger partial charge in [0.2, 0.25) is 11.0 Å². The van der Waals surface area contributed by atoms with Crippen molar-refractivity contribution in [2.24, 2.45) is 0 Å². The molecule has 0 fully saturated rings. The smallest absolute Gasteiger partial charge is 0.232 e. The van der Waals surface area contributed by atoms with E-state index < -0.39 is 0 Å². The molecule has 152 valence electrons. The second kappa shape index (κ2) is 10.9. The first-order valence-corrected chi connectivity index (χ1v) is 12.7. The zero-order chi connectivity index (χ0) is 20.6. The van der Waals surface area contributed by atoms with Crippen LogP contribution in [-0.4, -0.2) is 38.4 Å². The molecule has 10 heteroatoms. The number of carbonyl (C=O) groups is 2. The lowest BCUT2D eigenvalue weighted by molar-refractivity contribution is -0.115. The zero-order valence-corrected chi connectivity index (χ0v) is 19.3. The first-order valence-electron chi connectivity index (χ1n) is 9.02. The van der Waals surface area contributed by atoms with E-state index in [-0.39, 0.29) is 18.1 Å². The molecule has 2 aromatic heterocycles. The summed E-state index contributed by atoms with van der Waals surface area (Å²) in [6.07, 6.45) is 1.12. The lowest BCUT2D eigenvalue weighted by atomic mass is 10.1. The molecule has 0 bridgehead atoms. The van der Waals surface area contributed by atoms with Gasteiger partial charge in [0, 0.05) is 10.9 Å². The third-order valence-electron chi connectivity index (χ3n) is 3.80. The normalized spacial score (nSPS) is 10.8. The van der Waals surface area contributed by atoms with Gasteiger partial charge in [0.1, 0.15) is 0 Å². The number of aromatic nitrogens is 3. The van der Waals surface area contributed by atoms with Crippen molar-refractivity contribution in [3.05, 3.63) is 46.5 Å². The maximum atomic E-state index is 12.3. The van der Waals surface area contributed by atoms with Crippen LogP contribution in [-0.2, 0) is 17.6 Å². The highest BCUT2D eigenvalue weighted by Gasteiger charge is 2.13. The topological polar surface area (TPSA) is 84.8 Å². The van der Waals surface area contributed by atoms with E-state index in [9.17, 15) is 9.59 Å². The molecule has 0 atom stereocenters. The minimum atomic E-state index is -0.178. The largest absolute Gasteiger partial charge is 0.300 e. The maximum Gasteiger partial charge on any atom is 0.232 e. The van der Waals surface area contributed by atoms with E-state index in [4.69, 9.17) is 0 Å². The fourth-order valence-corrected chi connectivity index (χ4v) is 5.75. The Labute approximate surface area is 185 Å². The summed E-state index contributed by atoms with van der Waals surface area (Å²) in [7, 11) is 0. The van der Waals surface area contributed by atoms with Crippen molar-refractivity contribution in [2.75, 3.05) is 16.8 Å². The Bertz CT molecular complexity index is 969. The van der Waals surface area contributed by atoms with Crippen molar-refractivity contribution in [3.63, 3.8) is 0 Å². The van der Waals surface area contributed by atoms with Gasteiger partial charge in [-0.2, -0.15) is 0 Å². The molecule has 3 aromatic rings. The molecule has 2 heterocycles. The Morgan fingerprint density at radius 2 is 1.86 bits per heavy atom. The molecule has 0 aliphatic rings. The Kier molecular flexibility index (Phi) is 8.22. The van der Waals surface area contributed by atoms with E-state index >= 15 is 0 Å². The number of hydrogen-bond acceptors (Lipinski definition) is 9. The van der Waals surface area contributed by atoms with Gasteiger partial charge in [0.15, 0.2) is 14.5 Å². The van der Waals surface area contributed by atoms with Gasteiger partial charge >= 0.3 is 0 Å². The van der Waals surface area contributed by atoms with Gasteiger partial charge in [-0.25, -0.2) is 4.98 Å². The Balaban J connectivity index is 1.48. The highest BCUT2D eigenvalue weighted by molar-refractivity contribution is 8.01. The summed E-state index contributed by atoms with van der Waals surface area (Å²) >= 11 is 5.79. The van der Waals surface area contributed by atoms with E-state index in [2.05, 4.69) is 27.4 Å². The fourth-order valence-electron chi connectivity index (χ4n) is 2.34. The molecule has 6 nitrogen and oxygen atoms in total. The highest BCUT2D eigenvalue weighted by Crippen LogP contribution is 2.26. The number of thioether (sulfide) groups is 2. The van der Waals surface area contributed by atoms with Crippen LogP contribution in [0, 0.1) is 0 Å². The third-order valence-corrected chi connectivity index (χ3v) is 7.73. The molecular formula is C19H20N4O2S4. The number of thiazole rings is 1. The van der Waals surface area contributed by atoms with Crippen molar-refractivity contribution >= 4 is 63.0 Å². The Morgan fingerprint density at radius 1 is 1.07 bits per heavy atom. The summed E-state index contributed by atoms with van der Waals surface area (Å²) in [5.74, 6) is 1.13. The molecule has 3 rings (SSSR count). The monoisotopic (exact) mass is 464 g/mol. The molecule has 1 amide bonds. The van der Waals surface area contributed by atoms with Crippen molar-refractivity contribution < 1.29 is 9.59 Å². The second-order valence-electron chi connectivity index (χ2n) is 5.90. The van der Waals surface area contributed by atoms with Crippen LogP contribution >= 0.6 is 46.2 Å². The molecule has 29 heavy (non-hydrogen) atoms. The third kappa shape index (κ3) is 6.63. The van der Waals surface area contributed by atoms with Crippen LogP contribution in [0.2, 0.25) is 0 Å². The van der Waals surface area contributed by atoms with Crippen molar-refractivity contribution in [2.45, 2.75) is 35.4 Å². The molecule has 0 aliphatic heterocycles. The molecule has 1 aromatic carbocycles. The Hall–Kier alpha value is -1.75. The quantitative estimate of drug-likeness (QED) is 0.261. The average molecular weight is 465 g/mol. The van der Waals surface area contributed by atoms with Crippen LogP contribution in [0.4, 0.5) is 5.13 Å². The number of aryl methyl sites for hydroxylation is 1. The minimum Gasteiger partial charge on any atom is -0.300 e. The lowest BCUT2D eigenvalue weighted by Gasteiger charge is -2.01. The molecule has 0 spiro atoms. The van der Waals surface area contributed by atoms with Gasteiger partial charge in [-0.05, 0) is 17.7 Å². The summed E-state index contributed by atoms with van der Waals surface area (Å²) in [6.45, 7) is 4.13. The summed E-state index contributed by atoms with van der Waals surface area (Å²) in [5, 5.41) is 13.1.